The maximum atomic E-state index is 12.5. The first-order valence-corrected chi connectivity index (χ1v) is 8.14. The molecule has 0 atom stereocenters. The number of nitrogens with zero attached hydrogens (tertiary/aromatic N) is 2. The van der Waals surface area contributed by atoms with Crippen molar-refractivity contribution < 1.29 is 15.0 Å². The molecule has 1 heterocycles. The Labute approximate surface area is 138 Å². The topological polar surface area (TPSA) is 64.0 Å². The molecule has 22 heavy (non-hydrogen) atoms. The van der Waals surface area contributed by atoms with Crippen molar-refractivity contribution in [1.29, 1.82) is 0 Å². The zero-order chi connectivity index (χ0) is 16.3. The van der Waals surface area contributed by atoms with Gasteiger partial charge >= 0.3 is 138 Å². The molecule has 0 radical (unpaired) electrons. The number of unbranched alkanes of at least 4 members (excludes halogenated alkanes) is 2. The fourth-order valence-electron chi connectivity index (χ4n) is 2.33. The summed E-state index contributed by atoms with van der Waals surface area (Å²) in [6, 6.07) is 4.32. The van der Waals surface area contributed by atoms with Crippen LogP contribution < -0.4 is 0 Å². The van der Waals surface area contributed by atoms with Gasteiger partial charge in [0.1, 0.15) is 0 Å². The molecule has 0 aliphatic carbocycles. The van der Waals surface area contributed by atoms with Crippen LogP contribution in [0.3, 0.4) is 0 Å². The Morgan fingerprint density at radius 3 is 2.64 bits per heavy atom. The molecule has 5 nitrogen and oxygen atoms in total. The third-order valence-electron chi connectivity index (χ3n) is 3.63. The van der Waals surface area contributed by atoms with Gasteiger partial charge in [-0.1, -0.05) is 0 Å². The Morgan fingerprint density at radius 1 is 1.27 bits per heavy atom. The SMILES string of the molecule is CCCCCN1C(=O)/C(=C\c2ccc(O)cc2O)N(C)C1=[Se]. The number of aromatic hydroxyl groups is 2. The summed E-state index contributed by atoms with van der Waals surface area (Å²) in [5.41, 5.74) is 0.988. The van der Waals surface area contributed by atoms with Crippen molar-refractivity contribution in [3.8, 4) is 11.5 Å². The van der Waals surface area contributed by atoms with E-state index < -0.39 is 0 Å². The van der Waals surface area contributed by atoms with E-state index in [1.807, 2.05) is 7.05 Å². The molecule has 2 rings (SSSR count). The van der Waals surface area contributed by atoms with Gasteiger partial charge in [0.05, 0.1) is 0 Å². The number of amides is 1. The van der Waals surface area contributed by atoms with Crippen LogP contribution in [0.4, 0.5) is 0 Å². The normalized spacial score (nSPS) is 16.9. The van der Waals surface area contributed by atoms with Gasteiger partial charge in [0.25, 0.3) is 0 Å². The number of phenols is 2. The van der Waals surface area contributed by atoms with E-state index in [-0.39, 0.29) is 17.4 Å². The number of phenolic OH excluding ortho intramolecular Hbond substituents is 2. The fourth-order valence-corrected chi connectivity index (χ4v) is 2.90. The summed E-state index contributed by atoms with van der Waals surface area (Å²) >= 11 is 2.94. The Morgan fingerprint density at radius 2 is 2.00 bits per heavy atom. The molecule has 1 aliphatic rings. The third-order valence-corrected chi connectivity index (χ3v) is 4.67. The number of carbonyl (C=O) groups excluding carboxylic acids is 1. The van der Waals surface area contributed by atoms with E-state index in [4.69, 9.17) is 0 Å². The second-order valence-corrected chi connectivity index (χ2v) is 6.04. The second kappa shape index (κ2) is 6.99. The Bertz CT molecular complexity index is 628. The third kappa shape index (κ3) is 3.34. The van der Waals surface area contributed by atoms with Crippen LogP contribution in [0.2, 0.25) is 0 Å². The average Bonchev–Trinajstić information content (AvgIpc) is 2.67. The van der Waals surface area contributed by atoms with Crippen molar-refractivity contribution in [2.75, 3.05) is 13.6 Å². The van der Waals surface area contributed by atoms with Crippen LogP contribution in [0.1, 0.15) is 31.7 Å². The van der Waals surface area contributed by atoms with Gasteiger partial charge in [0.15, 0.2) is 0 Å². The van der Waals surface area contributed by atoms with E-state index in [0.717, 1.165) is 23.9 Å². The van der Waals surface area contributed by atoms with E-state index in [1.54, 1.807) is 21.9 Å². The molecular weight excluding hydrogens is 347 g/mol. The second-order valence-electron chi connectivity index (χ2n) is 5.28. The molecular formula is C16H20N2O3Se. The van der Waals surface area contributed by atoms with Gasteiger partial charge in [-0.15, -0.1) is 0 Å². The number of likely N-dealkylation sites (N-methyl/N-ethyl adjacent to an activating group) is 1. The predicted molar refractivity (Wildman–Crippen MR) is 87.5 cm³/mol. The first-order chi connectivity index (χ1) is 10.5. The molecule has 2 N–H and O–H groups in total. The molecule has 0 spiro atoms. The van der Waals surface area contributed by atoms with Crippen LogP contribution in [0.15, 0.2) is 23.9 Å². The molecule has 6 heteroatoms. The number of hydrogen-bond donors (Lipinski definition) is 2. The summed E-state index contributed by atoms with van der Waals surface area (Å²) in [5, 5.41) is 19.2. The van der Waals surface area contributed by atoms with Gasteiger partial charge in [-0.25, -0.2) is 0 Å². The molecule has 1 amide bonds. The van der Waals surface area contributed by atoms with Crippen molar-refractivity contribution in [1.82, 2.24) is 9.80 Å². The van der Waals surface area contributed by atoms with E-state index >= 15 is 0 Å². The molecule has 1 fully saturated rings. The Hall–Kier alpha value is -1.78. The first kappa shape index (κ1) is 16.6. The van der Waals surface area contributed by atoms with Gasteiger partial charge in [0.2, 0.25) is 0 Å². The standard InChI is InChI=1S/C16H20N2O3Se/c1-3-4-5-8-18-15(21)13(17(2)16(18)22)9-11-6-7-12(19)10-14(11)20/h6-7,9-10,19-20H,3-5,8H2,1-2H3/b13-9+. The van der Waals surface area contributed by atoms with E-state index in [2.05, 4.69) is 22.5 Å². The monoisotopic (exact) mass is 368 g/mol. The van der Waals surface area contributed by atoms with Crippen molar-refractivity contribution in [2.24, 2.45) is 0 Å². The first-order valence-electron chi connectivity index (χ1n) is 7.29. The number of benzene rings is 1. The van der Waals surface area contributed by atoms with Crippen LogP contribution in [-0.2, 0) is 4.79 Å². The summed E-state index contributed by atoms with van der Waals surface area (Å²) in [5.74, 6) is -0.150. The molecule has 1 aromatic carbocycles. The summed E-state index contributed by atoms with van der Waals surface area (Å²) in [7, 11) is 1.81. The molecule has 1 aliphatic heterocycles. The minimum atomic E-state index is -0.0835. The van der Waals surface area contributed by atoms with Crippen LogP contribution in [0, 0.1) is 0 Å². The van der Waals surface area contributed by atoms with Gasteiger partial charge in [0, 0.05) is 0 Å². The summed E-state index contributed by atoms with van der Waals surface area (Å²) < 4.78 is 0.769. The minimum absolute atomic E-state index is 0.0111. The van der Waals surface area contributed by atoms with Crippen LogP contribution >= 0.6 is 0 Å². The number of rotatable bonds is 5. The summed E-state index contributed by atoms with van der Waals surface area (Å²) in [6.07, 6.45) is 4.77. The van der Waals surface area contributed by atoms with Gasteiger partial charge in [-0.3, -0.25) is 0 Å². The van der Waals surface area contributed by atoms with E-state index in [9.17, 15) is 15.0 Å². The molecule has 1 saturated heterocycles. The fraction of sp³-hybridized carbons (Fsp3) is 0.375. The maximum absolute atomic E-state index is 12.5. The van der Waals surface area contributed by atoms with Crippen LogP contribution in [0.25, 0.3) is 6.08 Å². The van der Waals surface area contributed by atoms with Gasteiger partial charge in [-0.05, 0) is 0 Å². The average molecular weight is 367 g/mol. The number of hydrogen-bond acceptors (Lipinski definition) is 4. The van der Waals surface area contributed by atoms with Crippen molar-refractivity contribution in [3.63, 3.8) is 0 Å². The predicted octanol–water partition coefficient (Wildman–Crippen LogP) is 1.66. The van der Waals surface area contributed by atoms with Crippen LogP contribution in [-0.4, -0.2) is 59.8 Å². The quantitative estimate of drug-likeness (QED) is 0.472. The zero-order valence-corrected chi connectivity index (χ0v) is 14.5. The summed E-state index contributed by atoms with van der Waals surface area (Å²) in [6.45, 7) is 2.80. The molecule has 0 aromatic heterocycles. The van der Waals surface area contributed by atoms with E-state index in [1.165, 1.54) is 12.1 Å². The van der Waals surface area contributed by atoms with Gasteiger partial charge < -0.3 is 0 Å². The van der Waals surface area contributed by atoms with Gasteiger partial charge in [-0.2, -0.15) is 0 Å². The molecule has 1 aromatic rings. The molecule has 118 valence electrons. The molecule has 0 saturated carbocycles. The van der Waals surface area contributed by atoms with Crippen molar-refractivity contribution in [3.05, 3.63) is 29.5 Å². The Kier molecular flexibility index (Phi) is 5.27. The molecule has 0 unspecified atom stereocenters. The van der Waals surface area contributed by atoms with Crippen molar-refractivity contribution in [2.45, 2.75) is 26.2 Å². The summed E-state index contributed by atoms with van der Waals surface area (Å²) in [4.78, 5) is 16.0. The van der Waals surface area contributed by atoms with Crippen LogP contribution in [0.5, 0.6) is 11.5 Å². The zero-order valence-electron chi connectivity index (χ0n) is 12.7. The van der Waals surface area contributed by atoms with Crippen molar-refractivity contribution >= 4 is 32.2 Å². The number of carbonyl (C=O) groups is 1. The van der Waals surface area contributed by atoms with E-state index in [0.29, 0.717) is 17.8 Å². The Balaban J connectivity index is 2.25. The molecule has 0 bridgehead atoms.